The molecule has 0 saturated carbocycles. The molecule has 2 rings (SSSR count). The first-order chi connectivity index (χ1) is 9.47. The van der Waals surface area contributed by atoms with Crippen LogP contribution in [-0.2, 0) is 6.42 Å². The summed E-state index contributed by atoms with van der Waals surface area (Å²) in [5.41, 5.74) is 9.50. The molecular weight excluding hydrogens is 320 g/mol. The number of nitro groups is 1. The minimum absolute atomic E-state index is 0.0961. The fourth-order valence-electron chi connectivity index (χ4n) is 2.05. The van der Waals surface area contributed by atoms with Gasteiger partial charge in [0.25, 0.3) is 5.69 Å². The highest BCUT2D eigenvalue weighted by atomic mass is 79.9. The van der Waals surface area contributed by atoms with Gasteiger partial charge in [-0.15, -0.1) is 0 Å². The van der Waals surface area contributed by atoms with Gasteiger partial charge < -0.3 is 5.73 Å². The standard InChI is InChI=1S/C15H15BrN2O2/c1-10-2-7-13(14(16)8-10)15(17)9-11-3-5-12(6-4-11)18(19)20/h2-8,15H,9,17H2,1H3. The third kappa shape index (κ3) is 3.43. The van der Waals surface area contributed by atoms with Crippen molar-refractivity contribution < 1.29 is 4.92 Å². The Morgan fingerprint density at radius 1 is 1.25 bits per heavy atom. The van der Waals surface area contributed by atoms with E-state index in [-0.39, 0.29) is 11.7 Å². The topological polar surface area (TPSA) is 69.2 Å². The molecule has 0 aliphatic carbocycles. The van der Waals surface area contributed by atoms with Gasteiger partial charge in [-0.3, -0.25) is 10.1 Å². The third-order valence-electron chi connectivity index (χ3n) is 3.16. The highest BCUT2D eigenvalue weighted by Crippen LogP contribution is 2.26. The van der Waals surface area contributed by atoms with Crippen LogP contribution in [0.1, 0.15) is 22.7 Å². The van der Waals surface area contributed by atoms with Gasteiger partial charge in [-0.25, -0.2) is 0 Å². The van der Waals surface area contributed by atoms with E-state index in [4.69, 9.17) is 5.73 Å². The van der Waals surface area contributed by atoms with E-state index in [0.717, 1.165) is 15.6 Å². The Labute approximate surface area is 125 Å². The summed E-state index contributed by atoms with van der Waals surface area (Å²) in [4.78, 5) is 10.2. The number of nitro benzene ring substituents is 1. The molecule has 0 fully saturated rings. The van der Waals surface area contributed by atoms with Crippen LogP contribution in [0.2, 0.25) is 0 Å². The first kappa shape index (κ1) is 14.7. The zero-order valence-corrected chi connectivity index (χ0v) is 12.6. The van der Waals surface area contributed by atoms with Crippen molar-refractivity contribution in [2.45, 2.75) is 19.4 Å². The molecule has 0 spiro atoms. The Morgan fingerprint density at radius 3 is 2.45 bits per heavy atom. The van der Waals surface area contributed by atoms with Crippen molar-refractivity contribution in [2.24, 2.45) is 5.73 Å². The summed E-state index contributed by atoms with van der Waals surface area (Å²) in [7, 11) is 0. The SMILES string of the molecule is Cc1ccc(C(N)Cc2ccc([N+](=O)[O-])cc2)c(Br)c1. The molecule has 2 aromatic carbocycles. The largest absolute Gasteiger partial charge is 0.324 e. The Kier molecular flexibility index (Phi) is 4.52. The maximum absolute atomic E-state index is 10.6. The number of hydrogen-bond donors (Lipinski definition) is 1. The summed E-state index contributed by atoms with van der Waals surface area (Å²) < 4.78 is 0.993. The van der Waals surface area contributed by atoms with Crippen LogP contribution in [0.3, 0.4) is 0 Å². The Morgan fingerprint density at radius 2 is 1.90 bits per heavy atom. The van der Waals surface area contributed by atoms with E-state index in [2.05, 4.69) is 15.9 Å². The van der Waals surface area contributed by atoms with Gasteiger partial charge >= 0.3 is 0 Å². The second-order valence-electron chi connectivity index (χ2n) is 4.76. The number of non-ortho nitro benzene ring substituents is 1. The van der Waals surface area contributed by atoms with E-state index in [0.29, 0.717) is 6.42 Å². The molecule has 5 heteroatoms. The van der Waals surface area contributed by atoms with E-state index in [1.54, 1.807) is 12.1 Å². The normalized spacial score (nSPS) is 12.2. The Bertz CT molecular complexity index is 626. The van der Waals surface area contributed by atoms with Crippen molar-refractivity contribution in [3.63, 3.8) is 0 Å². The number of aryl methyl sites for hydroxylation is 1. The highest BCUT2D eigenvalue weighted by Gasteiger charge is 2.12. The van der Waals surface area contributed by atoms with Gasteiger partial charge in [-0.05, 0) is 36.1 Å². The average molecular weight is 335 g/mol. The maximum atomic E-state index is 10.6. The molecule has 0 heterocycles. The van der Waals surface area contributed by atoms with E-state index in [1.165, 1.54) is 17.7 Å². The van der Waals surface area contributed by atoms with E-state index in [9.17, 15) is 10.1 Å². The molecule has 2 aromatic rings. The average Bonchev–Trinajstić information content (AvgIpc) is 2.39. The summed E-state index contributed by atoms with van der Waals surface area (Å²) in [6.07, 6.45) is 0.639. The number of benzene rings is 2. The molecule has 0 aliphatic rings. The first-order valence-electron chi connectivity index (χ1n) is 6.22. The molecule has 20 heavy (non-hydrogen) atoms. The molecule has 104 valence electrons. The molecular formula is C15H15BrN2O2. The predicted octanol–water partition coefficient (Wildman–Crippen LogP) is 3.91. The van der Waals surface area contributed by atoms with Crippen LogP contribution >= 0.6 is 15.9 Å². The van der Waals surface area contributed by atoms with Gasteiger partial charge in [-0.2, -0.15) is 0 Å². The second-order valence-corrected chi connectivity index (χ2v) is 5.61. The predicted molar refractivity (Wildman–Crippen MR) is 82.6 cm³/mol. The first-order valence-corrected chi connectivity index (χ1v) is 7.01. The molecule has 2 N–H and O–H groups in total. The van der Waals surface area contributed by atoms with Crippen LogP contribution in [0.25, 0.3) is 0 Å². The van der Waals surface area contributed by atoms with Gasteiger partial charge in [0.05, 0.1) is 4.92 Å². The monoisotopic (exact) mass is 334 g/mol. The van der Waals surface area contributed by atoms with Crippen molar-refractivity contribution >= 4 is 21.6 Å². The number of rotatable bonds is 4. The lowest BCUT2D eigenvalue weighted by atomic mass is 9.99. The Balaban J connectivity index is 2.14. The minimum atomic E-state index is -0.403. The summed E-state index contributed by atoms with van der Waals surface area (Å²) in [6.45, 7) is 2.02. The minimum Gasteiger partial charge on any atom is -0.324 e. The van der Waals surface area contributed by atoms with Crippen LogP contribution in [0.5, 0.6) is 0 Å². The van der Waals surface area contributed by atoms with Gasteiger partial charge in [0.2, 0.25) is 0 Å². The van der Waals surface area contributed by atoms with Crippen LogP contribution in [0, 0.1) is 17.0 Å². The van der Waals surface area contributed by atoms with Crippen molar-refractivity contribution in [3.05, 3.63) is 73.7 Å². The fourth-order valence-corrected chi connectivity index (χ4v) is 2.84. The smallest absolute Gasteiger partial charge is 0.269 e. The van der Waals surface area contributed by atoms with Crippen molar-refractivity contribution in [1.82, 2.24) is 0 Å². The summed E-state index contributed by atoms with van der Waals surface area (Å²) in [5.74, 6) is 0. The lowest BCUT2D eigenvalue weighted by molar-refractivity contribution is -0.384. The number of halogens is 1. The van der Waals surface area contributed by atoms with Crippen molar-refractivity contribution in [2.75, 3.05) is 0 Å². The molecule has 4 nitrogen and oxygen atoms in total. The quantitative estimate of drug-likeness (QED) is 0.680. The zero-order valence-electron chi connectivity index (χ0n) is 11.0. The Hall–Kier alpha value is -1.72. The van der Waals surface area contributed by atoms with E-state index < -0.39 is 4.92 Å². The van der Waals surface area contributed by atoms with Crippen LogP contribution in [0.15, 0.2) is 46.9 Å². The molecule has 0 amide bonds. The summed E-state index contributed by atoms with van der Waals surface area (Å²) in [5, 5.41) is 10.6. The molecule has 0 radical (unpaired) electrons. The van der Waals surface area contributed by atoms with Crippen LogP contribution in [-0.4, -0.2) is 4.92 Å². The number of hydrogen-bond acceptors (Lipinski definition) is 3. The van der Waals surface area contributed by atoms with Crippen LogP contribution < -0.4 is 5.73 Å². The molecule has 1 unspecified atom stereocenters. The van der Waals surface area contributed by atoms with Crippen molar-refractivity contribution in [1.29, 1.82) is 0 Å². The zero-order chi connectivity index (χ0) is 14.7. The summed E-state index contributed by atoms with van der Waals surface area (Å²) in [6, 6.07) is 12.4. The molecule has 0 aromatic heterocycles. The second kappa shape index (κ2) is 6.15. The van der Waals surface area contributed by atoms with E-state index in [1.807, 2.05) is 25.1 Å². The molecule has 1 atom stereocenters. The lowest BCUT2D eigenvalue weighted by Crippen LogP contribution is -2.14. The molecule has 0 bridgehead atoms. The van der Waals surface area contributed by atoms with Gasteiger partial charge in [-0.1, -0.05) is 40.2 Å². The maximum Gasteiger partial charge on any atom is 0.269 e. The lowest BCUT2D eigenvalue weighted by Gasteiger charge is -2.14. The van der Waals surface area contributed by atoms with Gasteiger partial charge in [0.15, 0.2) is 0 Å². The highest BCUT2D eigenvalue weighted by molar-refractivity contribution is 9.10. The van der Waals surface area contributed by atoms with Gasteiger partial charge in [0, 0.05) is 22.6 Å². The molecule has 0 saturated heterocycles. The summed E-state index contributed by atoms with van der Waals surface area (Å²) >= 11 is 3.52. The number of nitrogens with two attached hydrogens (primary N) is 1. The van der Waals surface area contributed by atoms with Gasteiger partial charge in [0.1, 0.15) is 0 Å². The third-order valence-corrected chi connectivity index (χ3v) is 3.84. The van der Waals surface area contributed by atoms with Crippen LogP contribution in [0.4, 0.5) is 5.69 Å². The van der Waals surface area contributed by atoms with Crippen molar-refractivity contribution in [3.8, 4) is 0 Å². The van der Waals surface area contributed by atoms with E-state index >= 15 is 0 Å². The molecule has 0 aliphatic heterocycles. The fraction of sp³-hybridized carbons (Fsp3) is 0.200. The number of nitrogens with zero attached hydrogens (tertiary/aromatic N) is 1.